The van der Waals surface area contributed by atoms with Gasteiger partial charge in [-0.05, 0) is 29.9 Å². The van der Waals surface area contributed by atoms with Crippen molar-refractivity contribution < 1.29 is 9.53 Å². The van der Waals surface area contributed by atoms with Crippen LogP contribution in [0.3, 0.4) is 0 Å². The Kier molecular flexibility index (Phi) is 4.85. The van der Waals surface area contributed by atoms with E-state index in [1.54, 1.807) is 24.0 Å². The summed E-state index contributed by atoms with van der Waals surface area (Å²) in [6, 6.07) is 5.45. The number of aromatic nitrogens is 2. The summed E-state index contributed by atoms with van der Waals surface area (Å²) < 4.78 is 5.30. The molecule has 2 aromatic rings. The van der Waals surface area contributed by atoms with Crippen LogP contribution >= 0.6 is 11.8 Å². The molecule has 0 aliphatic heterocycles. The predicted molar refractivity (Wildman–Crippen MR) is 78.5 cm³/mol. The number of aromatic amines is 1. The molecule has 1 N–H and O–H groups in total. The molecule has 0 fully saturated rings. The number of ether oxygens (including phenoxy) is 1. The molecular formula is C14H18N2O2S. The number of benzene rings is 1. The Bertz CT molecular complexity index is 551. The van der Waals surface area contributed by atoms with Gasteiger partial charge in [-0.1, -0.05) is 13.8 Å². The van der Waals surface area contributed by atoms with Crippen LogP contribution < -0.4 is 4.74 Å². The van der Waals surface area contributed by atoms with Gasteiger partial charge in [0, 0.05) is 11.1 Å². The molecule has 102 valence electrons. The van der Waals surface area contributed by atoms with Crippen LogP contribution in [0.2, 0.25) is 0 Å². The van der Waals surface area contributed by atoms with Gasteiger partial charge in [0.25, 0.3) is 0 Å². The number of rotatable bonds is 6. The fourth-order valence-corrected chi connectivity index (χ4v) is 2.59. The van der Waals surface area contributed by atoms with Gasteiger partial charge in [0.05, 0.1) is 18.1 Å². The van der Waals surface area contributed by atoms with Crippen LogP contribution in [0.1, 0.15) is 20.3 Å². The molecule has 0 saturated heterocycles. The third-order valence-electron chi connectivity index (χ3n) is 2.55. The molecule has 1 heterocycles. The molecule has 0 atom stereocenters. The highest BCUT2D eigenvalue weighted by Gasteiger charge is 2.06. The Hall–Kier alpha value is -1.49. The van der Waals surface area contributed by atoms with E-state index in [0.717, 1.165) is 22.4 Å². The topological polar surface area (TPSA) is 55.0 Å². The van der Waals surface area contributed by atoms with Crippen molar-refractivity contribution in [1.29, 1.82) is 0 Å². The lowest BCUT2D eigenvalue weighted by molar-refractivity contribution is -0.133. The van der Waals surface area contributed by atoms with Gasteiger partial charge in [0.1, 0.15) is 5.75 Å². The second-order valence-electron chi connectivity index (χ2n) is 4.81. The van der Waals surface area contributed by atoms with Gasteiger partial charge in [-0.2, -0.15) is 16.9 Å². The van der Waals surface area contributed by atoms with Gasteiger partial charge in [0.15, 0.2) is 0 Å². The van der Waals surface area contributed by atoms with Crippen LogP contribution in [0.5, 0.6) is 5.75 Å². The van der Waals surface area contributed by atoms with Gasteiger partial charge in [-0.25, -0.2) is 0 Å². The fourth-order valence-electron chi connectivity index (χ4n) is 1.64. The molecule has 0 saturated carbocycles. The number of nitrogens with one attached hydrogen (secondary N) is 1. The minimum Gasteiger partial charge on any atom is -0.426 e. The highest BCUT2D eigenvalue weighted by Crippen LogP contribution is 2.19. The quantitative estimate of drug-likeness (QED) is 0.500. The number of thioether (sulfide) groups is 1. The van der Waals surface area contributed by atoms with Crippen molar-refractivity contribution in [2.45, 2.75) is 20.3 Å². The largest absolute Gasteiger partial charge is 0.426 e. The molecule has 0 radical (unpaired) electrons. The summed E-state index contributed by atoms with van der Waals surface area (Å²) in [5.41, 5.74) is 0.937. The third kappa shape index (κ3) is 4.28. The highest BCUT2D eigenvalue weighted by molar-refractivity contribution is 7.99. The number of carbonyl (C=O) groups is 1. The molecule has 0 aliphatic rings. The maximum absolute atomic E-state index is 11.7. The first-order valence-corrected chi connectivity index (χ1v) is 7.52. The summed E-state index contributed by atoms with van der Waals surface area (Å²) in [6.07, 6.45) is 2.16. The molecule has 4 nitrogen and oxygen atoms in total. The van der Waals surface area contributed by atoms with E-state index in [9.17, 15) is 4.79 Å². The van der Waals surface area contributed by atoms with Crippen molar-refractivity contribution in [3.8, 4) is 5.75 Å². The Morgan fingerprint density at radius 3 is 3.11 bits per heavy atom. The van der Waals surface area contributed by atoms with Crippen LogP contribution in [0.4, 0.5) is 0 Å². The Labute approximate surface area is 116 Å². The number of esters is 1. The summed E-state index contributed by atoms with van der Waals surface area (Å²) in [7, 11) is 0. The van der Waals surface area contributed by atoms with Gasteiger partial charge in [-0.15, -0.1) is 0 Å². The first kappa shape index (κ1) is 13.9. The highest BCUT2D eigenvalue weighted by atomic mass is 32.2. The number of fused-ring (bicyclic) bond motifs is 1. The fraction of sp³-hybridized carbons (Fsp3) is 0.429. The Balaban J connectivity index is 1.81. The predicted octanol–water partition coefficient (Wildman–Crippen LogP) is 3.25. The van der Waals surface area contributed by atoms with E-state index in [-0.39, 0.29) is 5.97 Å². The van der Waals surface area contributed by atoms with Crippen molar-refractivity contribution in [2.24, 2.45) is 5.92 Å². The summed E-state index contributed by atoms with van der Waals surface area (Å²) in [4.78, 5) is 11.7. The van der Waals surface area contributed by atoms with E-state index in [0.29, 0.717) is 18.1 Å². The number of hydrogen-bond donors (Lipinski definition) is 1. The van der Waals surface area contributed by atoms with E-state index < -0.39 is 0 Å². The van der Waals surface area contributed by atoms with Crippen molar-refractivity contribution in [3.05, 3.63) is 24.4 Å². The summed E-state index contributed by atoms with van der Waals surface area (Å²) in [5, 5.41) is 7.73. The van der Waals surface area contributed by atoms with Crippen LogP contribution in [0, 0.1) is 5.92 Å². The molecule has 0 aliphatic carbocycles. The van der Waals surface area contributed by atoms with Gasteiger partial charge in [-0.3, -0.25) is 9.89 Å². The van der Waals surface area contributed by atoms with Crippen LogP contribution in [0.15, 0.2) is 24.4 Å². The third-order valence-corrected chi connectivity index (χ3v) is 3.94. The maximum Gasteiger partial charge on any atom is 0.312 e. The van der Waals surface area contributed by atoms with E-state index >= 15 is 0 Å². The molecule has 1 aromatic heterocycles. The molecule has 5 heteroatoms. The zero-order valence-electron chi connectivity index (χ0n) is 11.2. The molecule has 0 amide bonds. The summed E-state index contributed by atoms with van der Waals surface area (Å²) in [6.45, 7) is 4.34. The van der Waals surface area contributed by atoms with Gasteiger partial charge in [0.2, 0.25) is 0 Å². The van der Waals surface area contributed by atoms with Crippen molar-refractivity contribution >= 4 is 28.6 Å². The first-order valence-electron chi connectivity index (χ1n) is 6.36. The molecular weight excluding hydrogens is 260 g/mol. The molecule has 0 unspecified atom stereocenters. The average Bonchev–Trinajstić information content (AvgIpc) is 2.82. The van der Waals surface area contributed by atoms with E-state index in [2.05, 4.69) is 24.0 Å². The molecule has 19 heavy (non-hydrogen) atoms. The smallest absolute Gasteiger partial charge is 0.312 e. The minimum absolute atomic E-state index is 0.181. The van der Waals surface area contributed by atoms with E-state index in [1.165, 1.54) is 0 Å². The molecule has 0 bridgehead atoms. The van der Waals surface area contributed by atoms with E-state index in [1.807, 2.05) is 12.1 Å². The normalized spacial score (nSPS) is 11.1. The number of carbonyl (C=O) groups excluding carboxylic acids is 1. The first-order chi connectivity index (χ1) is 9.15. The van der Waals surface area contributed by atoms with Crippen molar-refractivity contribution in [3.63, 3.8) is 0 Å². The molecule has 2 rings (SSSR count). The van der Waals surface area contributed by atoms with Crippen LogP contribution in [-0.2, 0) is 4.79 Å². The Morgan fingerprint density at radius 2 is 2.32 bits per heavy atom. The maximum atomic E-state index is 11.7. The molecule has 0 spiro atoms. The van der Waals surface area contributed by atoms with E-state index in [4.69, 9.17) is 4.74 Å². The lowest BCUT2D eigenvalue weighted by Crippen LogP contribution is -2.09. The Morgan fingerprint density at radius 1 is 1.47 bits per heavy atom. The second kappa shape index (κ2) is 6.61. The van der Waals surface area contributed by atoms with Gasteiger partial charge >= 0.3 is 5.97 Å². The van der Waals surface area contributed by atoms with Crippen molar-refractivity contribution in [2.75, 3.05) is 11.5 Å². The average molecular weight is 278 g/mol. The van der Waals surface area contributed by atoms with Crippen LogP contribution in [-0.4, -0.2) is 27.7 Å². The lowest BCUT2D eigenvalue weighted by atomic mass is 10.2. The summed E-state index contributed by atoms with van der Waals surface area (Å²) in [5.74, 6) is 2.94. The van der Waals surface area contributed by atoms with Crippen molar-refractivity contribution in [1.82, 2.24) is 10.2 Å². The number of hydrogen-bond acceptors (Lipinski definition) is 4. The number of H-pyrrole nitrogens is 1. The minimum atomic E-state index is -0.181. The monoisotopic (exact) mass is 278 g/mol. The van der Waals surface area contributed by atoms with Gasteiger partial charge < -0.3 is 4.74 Å². The lowest BCUT2D eigenvalue weighted by Gasteiger charge is -2.05. The zero-order valence-corrected chi connectivity index (χ0v) is 12.0. The molecule has 1 aromatic carbocycles. The zero-order chi connectivity index (χ0) is 13.7. The second-order valence-corrected chi connectivity index (χ2v) is 5.96. The summed E-state index contributed by atoms with van der Waals surface area (Å²) >= 11 is 1.79. The van der Waals surface area contributed by atoms with Crippen LogP contribution in [0.25, 0.3) is 10.9 Å². The SMILES string of the molecule is CC(C)CSCCC(=O)Oc1ccc2[nH]ncc2c1. The standard InChI is InChI=1S/C14H18N2O2S/c1-10(2)9-19-6-5-14(17)18-12-3-4-13-11(7-12)8-15-16-13/h3-4,7-8,10H,5-6,9H2,1-2H3,(H,15,16). The number of nitrogens with zero attached hydrogens (tertiary/aromatic N) is 1.